The molecule has 4 rings (SSSR count). The fraction of sp³-hybridized carbons (Fsp3) is 0.150. The van der Waals surface area contributed by atoms with E-state index in [1.807, 2.05) is 0 Å². The minimum atomic E-state index is 0.204. The molecule has 214 valence electrons. The number of carbonyl (C=O) groups is 1. The van der Waals surface area contributed by atoms with Crippen LogP contribution in [-0.4, -0.2) is 67.5 Å². The van der Waals surface area contributed by atoms with E-state index in [1.165, 1.54) is 26.6 Å². The highest BCUT2D eigenvalue weighted by atomic mass is 127. The van der Waals surface area contributed by atoms with Crippen molar-refractivity contribution in [2.24, 2.45) is 0 Å². The lowest BCUT2D eigenvalue weighted by molar-refractivity contribution is 0.111. The predicted molar refractivity (Wildman–Crippen MR) is 173 cm³/mol. The van der Waals surface area contributed by atoms with E-state index in [2.05, 4.69) is 142 Å². The van der Waals surface area contributed by atoms with Crippen LogP contribution in [0.1, 0.15) is 10.5 Å². The quantitative estimate of drug-likeness (QED) is 0.197. The van der Waals surface area contributed by atoms with Crippen LogP contribution in [0.2, 0.25) is 0 Å². The summed E-state index contributed by atoms with van der Waals surface area (Å²) >= 11 is 17.7. The van der Waals surface area contributed by atoms with Gasteiger partial charge in [-0.3, -0.25) is 4.79 Å². The Hall–Kier alpha value is -1.88. The highest BCUT2D eigenvalue weighted by Gasteiger charge is 2.04. The lowest BCUT2D eigenvalue weighted by Crippen LogP contribution is -1.97. The number of hydrogen-bond acceptors (Lipinski definition) is 14. The van der Waals surface area contributed by atoms with Gasteiger partial charge in [0.2, 0.25) is 11.8 Å². The second-order valence-corrected chi connectivity index (χ2v) is 11.2. The molecule has 0 bridgehead atoms. The number of nitrogens with two attached hydrogens (primary N) is 2. The molecule has 0 aliphatic carbocycles. The van der Waals surface area contributed by atoms with Crippen LogP contribution in [0.3, 0.4) is 0 Å². The van der Waals surface area contributed by atoms with Crippen molar-refractivity contribution >= 4 is 120 Å². The second-order valence-electron chi connectivity index (χ2n) is 6.15. The van der Waals surface area contributed by atoms with Gasteiger partial charge in [0.15, 0.2) is 27.3 Å². The first-order chi connectivity index (χ1) is 18.9. The third-order valence-electron chi connectivity index (χ3n) is 3.56. The van der Waals surface area contributed by atoms with Gasteiger partial charge in [0.1, 0.15) is 23.0 Å². The molecule has 0 spiro atoms. The van der Waals surface area contributed by atoms with Gasteiger partial charge in [-0.05, 0) is 102 Å². The zero-order valence-corrected chi connectivity index (χ0v) is 30.6. The molecule has 0 saturated heterocycles. The number of nitrogens with zero attached hydrogens (tertiary/aromatic N) is 8. The van der Waals surface area contributed by atoms with Gasteiger partial charge in [-0.25, -0.2) is 39.9 Å². The Morgan fingerprint density at radius 3 is 1.50 bits per heavy atom. The predicted octanol–water partition coefficient (Wildman–Crippen LogP) is 5.33. The number of rotatable bonds is 4. The Balaban J connectivity index is 0.000000267. The molecule has 14 nitrogen and oxygen atoms in total. The van der Waals surface area contributed by atoms with E-state index in [1.54, 1.807) is 19.5 Å². The van der Waals surface area contributed by atoms with E-state index >= 15 is 0 Å². The molecule has 0 amide bonds. The number of ether oxygens (including phenoxy) is 3. The number of aldehydes is 1. The van der Waals surface area contributed by atoms with Gasteiger partial charge < -0.3 is 25.7 Å². The summed E-state index contributed by atoms with van der Waals surface area (Å²) in [6.45, 7) is 0. The summed E-state index contributed by atoms with van der Waals surface area (Å²) in [5.41, 5.74) is 10.9. The standard InChI is InChI=1S/C6H5BrN2O2.C5H4BrIN2O.C5H6BrN3O.C4H3Br2N3/c1-11-6-4(3-10)8-2-5(7)9-6;2*1-10-5-4(7)8-2-3(6)9-5;5-2-1-8-4(7)3(6)9-2/h2-3H,1H3;2H,1H3;2H,1H3,(H2,7,8);1H,(H2,7,8). The number of aromatic nitrogens is 8. The van der Waals surface area contributed by atoms with Gasteiger partial charge in [0.05, 0.1) is 46.1 Å². The highest BCUT2D eigenvalue weighted by molar-refractivity contribution is 14.1. The summed E-state index contributed by atoms with van der Waals surface area (Å²) in [6.07, 6.45) is 6.72. The molecule has 0 aliphatic heterocycles. The fourth-order valence-corrected chi connectivity index (χ4v) is 4.01. The molecule has 0 fully saturated rings. The lowest BCUT2D eigenvalue weighted by atomic mass is 10.5. The summed E-state index contributed by atoms with van der Waals surface area (Å²) in [4.78, 5) is 41.4. The normalized spacial score (nSPS) is 9.43. The monoisotopic (exact) mass is 984 g/mol. The molecular formula is C20H18Br5IN10O4. The van der Waals surface area contributed by atoms with Gasteiger partial charge in [-0.2, -0.15) is 0 Å². The zero-order valence-electron chi connectivity index (χ0n) is 20.5. The maximum Gasteiger partial charge on any atom is 0.258 e. The Kier molecular flexibility index (Phi) is 17.4. The first kappa shape index (κ1) is 36.1. The summed E-state index contributed by atoms with van der Waals surface area (Å²) in [5, 5.41) is 0. The summed E-state index contributed by atoms with van der Waals surface area (Å²) in [6, 6.07) is 0. The number of carbonyl (C=O) groups excluding carboxylic acids is 1. The van der Waals surface area contributed by atoms with Crippen LogP contribution in [0.25, 0.3) is 0 Å². The third kappa shape index (κ3) is 13.2. The molecular weight excluding hydrogens is 971 g/mol. The van der Waals surface area contributed by atoms with Crippen molar-refractivity contribution in [1.29, 1.82) is 0 Å². The van der Waals surface area contributed by atoms with E-state index in [0.717, 1.165) is 3.70 Å². The van der Waals surface area contributed by atoms with Crippen molar-refractivity contribution in [3.05, 3.63) is 57.2 Å². The SMILES string of the molecule is COc1nc(Br)cnc1C=O.COc1nc(Br)cnc1I.COc1nc(Br)cnc1N.Nc1ncc(Br)nc1Br. The van der Waals surface area contributed by atoms with Crippen LogP contribution < -0.4 is 25.7 Å². The Labute approximate surface area is 284 Å². The molecule has 4 heterocycles. The molecule has 0 radical (unpaired) electrons. The van der Waals surface area contributed by atoms with Crippen LogP contribution in [-0.2, 0) is 0 Å². The molecule has 4 aromatic heterocycles. The number of methoxy groups -OCH3 is 3. The van der Waals surface area contributed by atoms with E-state index in [-0.39, 0.29) is 11.6 Å². The molecule has 0 aliphatic rings. The van der Waals surface area contributed by atoms with Crippen LogP contribution in [0, 0.1) is 3.70 Å². The average molecular weight is 989 g/mol. The van der Waals surface area contributed by atoms with Gasteiger partial charge >= 0.3 is 0 Å². The number of halogens is 6. The molecule has 0 aromatic carbocycles. The van der Waals surface area contributed by atoms with Crippen LogP contribution in [0.15, 0.2) is 47.8 Å². The Morgan fingerprint density at radius 2 is 1.07 bits per heavy atom. The van der Waals surface area contributed by atoms with E-state index in [9.17, 15) is 4.79 Å². The first-order valence-corrected chi connectivity index (χ1v) is 15.0. The van der Waals surface area contributed by atoms with Crippen LogP contribution >= 0.6 is 102 Å². The number of hydrogen-bond donors (Lipinski definition) is 2. The number of nitrogen functional groups attached to an aromatic ring is 2. The maximum absolute atomic E-state index is 10.3. The van der Waals surface area contributed by atoms with Crippen molar-refractivity contribution in [3.8, 4) is 17.6 Å². The molecule has 0 atom stereocenters. The third-order valence-corrected chi connectivity index (χ3v) is 6.41. The minimum absolute atomic E-state index is 0.204. The largest absolute Gasteiger partial charge is 0.479 e. The second kappa shape index (κ2) is 19.3. The summed E-state index contributed by atoms with van der Waals surface area (Å²) < 4.78 is 18.3. The summed E-state index contributed by atoms with van der Waals surface area (Å²) in [5.74, 6) is 1.82. The van der Waals surface area contributed by atoms with Crippen molar-refractivity contribution in [1.82, 2.24) is 39.9 Å². The smallest absolute Gasteiger partial charge is 0.258 e. The molecule has 20 heteroatoms. The van der Waals surface area contributed by atoms with Gasteiger partial charge in [0.25, 0.3) is 5.88 Å². The average Bonchev–Trinajstić information content (AvgIpc) is 2.94. The topological polar surface area (TPSA) is 200 Å². The van der Waals surface area contributed by atoms with Crippen molar-refractivity contribution < 1.29 is 19.0 Å². The molecule has 40 heavy (non-hydrogen) atoms. The maximum atomic E-state index is 10.3. The van der Waals surface area contributed by atoms with Crippen molar-refractivity contribution in [2.45, 2.75) is 0 Å². The molecule has 0 saturated carbocycles. The number of anilines is 2. The van der Waals surface area contributed by atoms with Crippen molar-refractivity contribution in [3.63, 3.8) is 0 Å². The summed E-state index contributed by atoms with van der Waals surface area (Å²) in [7, 11) is 4.49. The van der Waals surface area contributed by atoms with Crippen molar-refractivity contribution in [2.75, 3.05) is 32.8 Å². The Morgan fingerprint density at radius 1 is 0.650 bits per heavy atom. The molecule has 4 N–H and O–H groups in total. The van der Waals surface area contributed by atoms with E-state index in [0.29, 0.717) is 52.7 Å². The van der Waals surface area contributed by atoms with Crippen LogP contribution in [0.5, 0.6) is 17.6 Å². The van der Waals surface area contributed by atoms with E-state index < -0.39 is 0 Å². The van der Waals surface area contributed by atoms with Crippen LogP contribution in [0.4, 0.5) is 11.6 Å². The highest BCUT2D eigenvalue weighted by Crippen LogP contribution is 2.18. The molecule has 0 unspecified atom stereocenters. The van der Waals surface area contributed by atoms with Gasteiger partial charge in [-0.1, -0.05) is 0 Å². The minimum Gasteiger partial charge on any atom is -0.479 e. The Bertz CT molecular complexity index is 1360. The fourth-order valence-electron chi connectivity index (χ4n) is 1.93. The zero-order chi connectivity index (χ0) is 30.2. The molecule has 4 aromatic rings. The van der Waals surface area contributed by atoms with Gasteiger partial charge in [-0.15, -0.1) is 0 Å². The van der Waals surface area contributed by atoms with E-state index in [4.69, 9.17) is 25.7 Å². The first-order valence-electron chi connectivity index (χ1n) is 9.94. The van der Waals surface area contributed by atoms with Gasteiger partial charge in [0, 0.05) is 0 Å². The lowest BCUT2D eigenvalue weighted by Gasteiger charge is -2.00.